The van der Waals surface area contributed by atoms with E-state index in [4.69, 9.17) is 0 Å². The standard InChI is InChI=1S/C19H24N4O3/c1-10(2)23-17-13(7-20-23)6-14(11(3)21-17)18(24)22-8-15(12-4-5-12)16(9-22)19(25)26/h6-7,10,12,15-16H,4-5,8-9H2,1-3H3,(H,25,26)/t15-,16+/m1/s1. The fourth-order valence-electron chi connectivity index (χ4n) is 4.09. The van der Waals surface area contributed by atoms with Crippen LogP contribution < -0.4 is 0 Å². The van der Waals surface area contributed by atoms with Gasteiger partial charge in [-0.05, 0) is 51.5 Å². The number of nitrogens with zero attached hydrogens (tertiary/aromatic N) is 4. The van der Waals surface area contributed by atoms with E-state index in [2.05, 4.69) is 10.1 Å². The molecule has 0 bridgehead atoms. The third-order valence-corrected chi connectivity index (χ3v) is 5.68. The summed E-state index contributed by atoms with van der Waals surface area (Å²) in [5.74, 6) is -0.826. The van der Waals surface area contributed by atoms with E-state index in [1.165, 1.54) is 0 Å². The van der Waals surface area contributed by atoms with Crippen LogP contribution in [0.2, 0.25) is 0 Å². The van der Waals surface area contributed by atoms with Gasteiger partial charge in [0.1, 0.15) is 0 Å². The molecule has 2 atom stereocenters. The van der Waals surface area contributed by atoms with Crippen molar-refractivity contribution < 1.29 is 14.7 Å². The highest BCUT2D eigenvalue weighted by molar-refractivity contribution is 5.98. The lowest BCUT2D eigenvalue weighted by molar-refractivity contribution is -0.142. The molecule has 0 radical (unpaired) electrons. The molecule has 1 aliphatic heterocycles. The Kier molecular flexibility index (Phi) is 3.97. The minimum Gasteiger partial charge on any atom is -0.481 e. The molecule has 2 aromatic rings. The Morgan fingerprint density at radius 2 is 2.00 bits per heavy atom. The first-order valence-corrected chi connectivity index (χ1v) is 9.23. The number of likely N-dealkylation sites (tertiary alicyclic amines) is 1. The highest BCUT2D eigenvalue weighted by Crippen LogP contribution is 2.44. The highest BCUT2D eigenvalue weighted by Gasteiger charge is 2.47. The van der Waals surface area contributed by atoms with Gasteiger partial charge < -0.3 is 10.0 Å². The van der Waals surface area contributed by atoms with Crippen molar-refractivity contribution in [1.82, 2.24) is 19.7 Å². The van der Waals surface area contributed by atoms with E-state index in [-0.39, 0.29) is 24.4 Å². The quantitative estimate of drug-likeness (QED) is 0.909. The summed E-state index contributed by atoms with van der Waals surface area (Å²) >= 11 is 0. The number of amides is 1. The molecule has 0 aromatic carbocycles. The Morgan fingerprint density at radius 3 is 2.62 bits per heavy atom. The van der Waals surface area contributed by atoms with Gasteiger partial charge in [-0.15, -0.1) is 0 Å². The van der Waals surface area contributed by atoms with Crippen molar-refractivity contribution in [2.45, 2.75) is 39.7 Å². The fourth-order valence-corrected chi connectivity index (χ4v) is 4.09. The van der Waals surface area contributed by atoms with Gasteiger partial charge in [-0.25, -0.2) is 9.67 Å². The Bertz CT molecular complexity index is 884. The van der Waals surface area contributed by atoms with Gasteiger partial charge in [-0.1, -0.05) is 0 Å². The van der Waals surface area contributed by atoms with E-state index in [0.29, 0.717) is 23.7 Å². The number of carboxylic acids is 1. The van der Waals surface area contributed by atoms with Crippen LogP contribution in [0, 0.1) is 24.7 Å². The molecule has 26 heavy (non-hydrogen) atoms. The van der Waals surface area contributed by atoms with Crippen LogP contribution in [0.5, 0.6) is 0 Å². The molecule has 1 amide bonds. The van der Waals surface area contributed by atoms with Crippen molar-refractivity contribution in [3.8, 4) is 0 Å². The maximum atomic E-state index is 13.1. The summed E-state index contributed by atoms with van der Waals surface area (Å²) in [6.07, 6.45) is 3.89. The zero-order chi connectivity index (χ0) is 18.6. The summed E-state index contributed by atoms with van der Waals surface area (Å²) in [6.45, 7) is 6.72. The van der Waals surface area contributed by atoms with E-state index in [9.17, 15) is 14.7 Å². The maximum Gasteiger partial charge on any atom is 0.308 e. The second kappa shape index (κ2) is 6.07. The van der Waals surface area contributed by atoms with Crippen LogP contribution in [0.1, 0.15) is 48.8 Å². The van der Waals surface area contributed by atoms with Gasteiger partial charge in [0.15, 0.2) is 5.65 Å². The van der Waals surface area contributed by atoms with Crippen LogP contribution in [-0.4, -0.2) is 49.7 Å². The van der Waals surface area contributed by atoms with E-state index in [1.54, 1.807) is 11.1 Å². The molecule has 0 unspecified atom stereocenters. The van der Waals surface area contributed by atoms with E-state index in [0.717, 1.165) is 23.9 Å². The van der Waals surface area contributed by atoms with Crippen LogP contribution in [-0.2, 0) is 4.79 Å². The lowest BCUT2D eigenvalue weighted by atomic mass is 9.92. The lowest BCUT2D eigenvalue weighted by Crippen LogP contribution is -2.30. The third kappa shape index (κ3) is 2.75. The van der Waals surface area contributed by atoms with Crippen LogP contribution in [0.25, 0.3) is 11.0 Å². The van der Waals surface area contributed by atoms with E-state index in [1.807, 2.05) is 31.5 Å². The molecule has 7 nitrogen and oxygen atoms in total. The van der Waals surface area contributed by atoms with Crippen molar-refractivity contribution in [2.75, 3.05) is 13.1 Å². The predicted octanol–water partition coefficient (Wildman–Crippen LogP) is 2.50. The molecule has 0 spiro atoms. The van der Waals surface area contributed by atoms with Gasteiger partial charge >= 0.3 is 5.97 Å². The molecule has 2 aromatic heterocycles. The molecule has 3 heterocycles. The number of hydrogen-bond donors (Lipinski definition) is 1. The number of carboxylic acid groups (broad SMARTS) is 1. The number of aryl methyl sites for hydroxylation is 1. The minimum absolute atomic E-state index is 0.0807. The topological polar surface area (TPSA) is 88.3 Å². The van der Waals surface area contributed by atoms with Gasteiger partial charge in [0, 0.05) is 24.5 Å². The molecule has 2 fully saturated rings. The van der Waals surface area contributed by atoms with Gasteiger partial charge in [-0.3, -0.25) is 9.59 Å². The van der Waals surface area contributed by atoms with Gasteiger partial charge in [0.2, 0.25) is 0 Å². The molecule has 1 saturated heterocycles. The minimum atomic E-state index is -0.791. The Hall–Kier alpha value is -2.44. The van der Waals surface area contributed by atoms with Crippen LogP contribution in [0.4, 0.5) is 0 Å². The molecular weight excluding hydrogens is 332 g/mol. The molecule has 4 rings (SSSR count). The number of hydrogen-bond acceptors (Lipinski definition) is 4. The molecule has 2 aliphatic rings. The average molecular weight is 356 g/mol. The monoisotopic (exact) mass is 356 g/mol. The maximum absolute atomic E-state index is 13.1. The number of rotatable bonds is 4. The largest absolute Gasteiger partial charge is 0.481 e. The first kappa shape index (κ1) is 17.0. The van der Waals surface area contributed by atoms with Crippen molar-refractivity contribution in [2.24, 2.45) is 17.8 Å². The van der Waals surface area contributed by atoms with Gasteiger partial charge in [0.05, 0.1) is 23.4 Å². The molecule has 1 N–H and O–H groups in total. The smallest absolute Gasteiger partial charge is 0.308 e. The van der Waals surface area contributed by atoms with E-state index >= 15 is 0 Å². The molecular formula is C19H24N4O3. The molecule has 138 valence electrons. The van der Waals surface area contributed by atoms with Crippen molar-refractivity contribution in [3.05, 3.63) is 23.5 Å². The summed E-state index contributed by atoms with van der Waals surface area (Å²) in [5, 5.41) is 14.7. The predicted molar refractivity (Wildman–Crippen MR) is 95.9 cm³/mol. The molecule has 1 aliphatic carbocycles. The van der Waals surface area contributed by atoms with Crippen LogP contribution in [0.3, 0.4) is 0 Å². The van der Waals surface area contributed by atoms with Crippen molar-refractivity contribution in [1.29, 1.82) is 0 Å². The second-order valence-corrected chi connectivity index (χ2v) is 7.87. The number of fused-ring (bicyclic) bond motifs is 1. The zero-order valence-electron chi connectivity index (χ0n) is 15.3. The van der Waals surface area contributed by atoms with E-state index < -0.39 is 11.9 Å². The third-order valence-electron chi connectivity index (χ3n) is 5.68. The summed E-state index contributed by atoms with van der Waals surface area (Å²) in [5.41, 5.74) is 1.97. The number of carbonyl (C=O) groups excluding carboxylic acids is 1. The summed E-state index contributed by atoms with van der Waals surface area (Å²) < 4.78 is 1.84. The fraction of sp³-hybridized carbons (Fsp3) is 0.579. The number of pyridine rings is 1. The normalized spacial score (nSPS) is 23.2. The molecule has 7 heteroatoms. The summed E-state index contributed by atoms with van der Waals surface area (Å²) in [7, 11) is 0. The first-order valence-electron chi connectivity index (χ1n) is 9.23. The number of aliphatic carboxylic acids is 1. The summed E-state index contributed by atoms with van der Waals surface area (Å²) in [6, 6.07) is 2.03. The van der Waals surface area contributed by atoms with Crippen molar-refractivity contribution >= 4 is 22.9 Å². The number of carbonyl (C=O) groups is 2. The van der Waals surface area contributed by atoms with Crippen LogP contribution in [0.15, 0.2) is 12.3 Å². The molecule has 1 saturated carbocycles. The first-order chi connectivity index (χ1) is 12.4. The Labute approximate surface area is 152 Å². The SMILES string of the molecule is Cc1nc2c(cnn2C(C)C)cc1C(=O)N1C[C@H](C(=O)O)[C@@H](C2CC2)C1. The van der Waals surface area contributed by atoms with Crippen LogP contribution >= 0.6 is 0 Å². The summed E-state index contributed by atoms with van der Waals surface area (Å²) in [4.78, 5) is 31.0. The Morgan fingerprint density at radius 1 is 1.27 bits per heavy atom. The average Bonchev–Trinajstić information content (AvgIpc) is 3.19. The van der Waals surface area contributed by atoms with Gasteiger partial charge in [-0.2, -0.15) is 5.10 Å². The highest BCUT2D eigenvalue weighted by atomic mass is 16.4. The lowest BCUT2D eigenvalue weighted by Gasteiger charge is -2.17. The second-order valence-electron chi connectivity index (χ2n) is 7.87. The van der Waals surface area contributed by atoms with Crippen molar-refractivity contribution in [3.63, 3.8) is 0 Å². The van der Waals surface area contributed by atoms with Gasteiger partial charge in [0.25, 0.3) is 5.91 Å². The Balaban J connectivity index is 1.64. The number of aromatic nitrogens is 3. The zero-order valence-corrected chi connectivity index (χ0v) is 15.3.